The minimum atomic E-state index is -0.627. The number of benzene rings is 2. The molecule has 0 spiro atoms. The Bertz CT molecular complexity index is 786. The summed E-state index contributed by atoms with van der Waals surface area (Å²) in [7, 11) is 1.63. The average Bonchev–Trinajstić information content (AvgIpc) is 3.11. The number of aliphatic hydroxyl groups excluding tert-OH is 1. The Morgan fingerprint density at radius 2 is 1.80 bits per heavy atom. The zero-order chi connectivity index (χ0) is 17.5. The molecule has 1 heterocycles. The van der Waals surface area contributed by atoms with Gasteiger partial charge in [-0.05, 0) is 11.6 Å². The third kappa shape index (κ3) is 4.68. The van der Waals surface area contributed by atoms with E-state index in [-0.39, 0.29) is 6.61 Å². The van der Waals surface area contributed by atoms with E-state index >= 15 is 0 Å². The van der Waals surface area contributed by atoms with Gasteiger partial charge in [-0.2, -0.15) is 5.10 Å². The molecular formula is C20H22N2O3. The molecule has 0 radical (unpaired) electrons. The largest absolute Gasteiger partial charge is 0.496 e. The van der Waals surface area contributed by atoms with Gasteiger partial charge in [0.25, 0.3) is 0 Å². The van der Waals surface area contributed by atoms with Crippen LogP contribution in [0.25, 0.3) is 11.1 Å². The Kier molecular flexibility index (Phi) is 5.82. The van der Waals surface area contributed by atoms with Crippen molar-refractivity contribution in [2.45, 2.75) is 19.3 Å². The number of hydrogen-bond acceptors (Lipinski definition) is 4. The summed E-state index contributed by atoms with van der Waals surface area (Å²) in [4.78, 5) is 0. The van der Waals surface area contributed by atoms with Crippen molar-refractivity contribution in [2.24, 2.45) is 0 Å². The Hall–Kier alpha value is -2.63. The molecule has 0 aliphatic heterocycles. The van der Waals surface area contributed by atoms with Crippen molar-refractivity contribution in [3.05, 3.63) is 72.6 Å². The molecule has 1 aromatic heterocycles. The van der Waals surface area contributed by atoms with Crippen molar-refractivity contribution in [1.82, 2.24) is 9.78 Å². The third-order valence-electron chi connectivity index (χ3n) is 3.90. The molecule has 25 heavy (non-hydrogen) atoms. The first-order valence-corrected chi connectivity index (χ1v) is 8.22. The lowest BCUT2D eigenvalue weighted by Crippen LogP contribution is -2.22. The van der Waals surface area contributed by atoms with Crippen molar-refractivity contribution in [3.63, 3.8) is 0 Å². The second-order valence-electron chi connectivity index (χ2n) is 5.80. The summed E-state index contributed by atoms with van der Waals surface area (Å²) in [6.45, 7) is 1.02. The molecule has 3 rings (SSSR count). The molecule has 5 heteroatoms. The molecule has 5 nitrogen and oxygen atoms in total. The van der Waals surface area contributed by atoms with Gasteiger partial charge in [0.1, 0.15) is 5.75 Å². The van der Waals surface area contributed by atoms with Crippen LogP contribution in [0.15, 0.2) is 67.0 Å². The van der Waals surface area contributed by atoms with E-state index in [1.54, 1.807) is 18.0 Å². The van der Waals surface area contributed by atoms with Crippen molar-refractivity contribution in [2.75, 3.05) is 13.7 Å². The van der Waals surface area contributed by atoms with E-state index in [1.807, 2.05) is 60.8 Å². The van der Waals surface area contributed by atoms with Gasteiger partial charge in [-0.1, -0.05) is 48.5 Å². The zero-order valence-corrected chi connectivity index (χ0v) is 14.2. The van der Waals surface area contributed by atoms with E-state index < -0.39 is 6.10 Å². The highest BCUT2D eigenvalue weighted by molar-refractivity contribution is 5.61. The maximum absolute atomic E-state index is 10.2. The van der Waals surface area contributed by atoms with Crippen LogP contribution >= 0.6 is 0 Å². The van der Waals surface area contributed by atoms with Crippen LogP contribution in [0.3, 0.4) is 0 Å². The standard InChI is InChI=1S/C20H22N2O3/c1-24-20-10-6-5-9-17(20)14-25-15-19(23)13-22-12-18(11-21-22)16-7-3-2-4-8-16/h2-12,19,23H,13-15H2,1H3. The number of aliphatic hydroxyl groups is 1. The minimum Gasteiger partial charge on any atom is -0.496 e. The molecule has 130 valence electrons. The maximum Gasteiger partial charge on any atom is 0.124 e. The van der Waals surface area contributed by atoms with Crippen LogP contribution in [0.2, 0.25) is 0 Å². The Labute approximate surface area is 147 Å². The van der Waals surface area contributed by atoms with Crippen LogP contribution < -0.4 is 4.74 Å². The highest BCUT2D eigenvalue weighted by Gasteiger charge is 2.09. The summed E-state index contributed by atoms with van der Waals surface area (Å²) >= 11 is 0. The fourth-order valence-electron chi connectivity index (χ4n) is 2.64. The van der Waals surface area contributed by atoms with Crippen LogP contribution in [0.1, 0.15) is 5.56 Å². The Morgan fingerprint density at radius 3 is 2.60 bits per heavy atom. The van der Waals surface area contributed by atoms with Gasteiger partial charge in [-0.15, -0.1) is 0 Å². The van der Waals surface area contributed by atoms with Gasteiger partial charge < -0.3 is 14.6 Å². The number of rotatable bonds is 8. The maximum atomic E-state index is 10.2. The van der Waals surface area contributed by atoms with Crippen molar-refractivity contribution < 1.29 is 14.6 Å². The summed E-state index contributed by atoms with van der Waals surface area (Å²) in [5, 5.41) is 14.5. The number of nitrogens with zero attached hydrogens (tertiary/aromatic N) is 2. The zero-order valence-electron chi connectivity index (χ0n) is 14.2. The van der Waals surface area contributed by atoms with Gasteiger partial charge in [0.2, 0.25) is 0 Å². The molecule has 0 bridgehead atoms. The van der Waals surface area contributed by atoms with Gasteiger partial charge in [0, 0.05) is 17.3 Å². The predicted octanol–water partition coefficient (Wildman–Crippen LogP) is 3.14. The van der Waals surface area contributed by atoms with Crippen LogP contribution in [-0.2, 0) is 17.9 Å². The highest BCUT2D eigenvalue weighted by Crippen LogP contribution is 2.19. The van der Waals surface area contributed by atoms with E-state index in [9.17, 15) is 5.11 Å². The molecule has 1 atom stereocenters. The monoisotopic (exact) mass is 338 g/mol. The molecule has 0 amide bonds. The molecule has 1 N–H and O–H groups in total. The summed E-state index contributed by atoms with van der Waals surface area (Å²) in [5.74, 6) is 0.788. The van der Waals surface area contributed by atoms with Crippen molar-refractivity contribution >= 4 is 0 Å². The average molecular weight is 338 g/mol. The molecule has 1 unspecified atom stereocenters. The first kappa shape index (κ1) is 17.2. The van der Waals surface area contributed by atoms with E-state index in [1.165, 1.54) is 0 Å². The topological polar surface area (TPSA) is 56.5 Å². The molecule has 2 aromatic carbocycles. The molecule has 0 saturated carbocycles. The molecule has 0 fully saturated rings. The highest BCUT2D eigenvalue weighted by atomic mass is 16.5. The van der Waals surface area contributed by atoms with E-state index in [0.29, 0.717) is 13.2 Å². The quantitative estimate of drug-likeness (QED) is 0.685. The van der Waals surface area contributed by atoms with Crippen LogP contribution in [0.5, 0.6) is 5.75 Å². The number of methoxy groups -OCH3 is 1. The predicted molar refractivity (Wildman–Crippen MR) is 96.3 cm³/mol. The molecular weight excluding hydrogens is 316 g/mol. The van der Waals surface area contributed by atoms with Crippen LogP contribution in [0.4, 0.5) is 0 Å². The number of aromatic nitrogens is 2. The van der Waals surface area contributed by atoms with E-state index in [2.05, 4.69) is 5.10 Å². The first-order valence-electron chi connectivity index (χ1n) is 8.22. The first-order chi connectivity index (χ1) is 12.3. The molecule has 0 saturated heterocycles. The van der Waals surface area contributed by atoms with E-state index in [4.69, 9.17) is 9.47 Å². The lowest BCUT2D eigenvalue weighted by molar-refractivity contribution is 0.0181. The van der Waals surface area contributed by atoms with Gasteiger partial charge in [0.05, 0.1) is 39.2 Å². The van der Waals surface area contributed by atoms with Crippen molar-refractivity contribution in [1.29, 1.82) is 0 Å². The summed E-state index contributed by atoms with van der Waals surface area (Å²) in [6, 6.07) is 17.7. The molecule has 3 aromatic rings. The minimum absolute atomic E-state index is 0.235. The summed E-state index contributed by atoms with van der Waals surface area (Å²) in [5.41, 5.74) is 3.10. The van der Waals surface area contributed by atoms with Gasteiger partial charge in [-0.25, -0.2) is 0 Å². The lowest BCUT2D eigenvalue weighted by Gasteiger charge is -2.13. The smallest absolute Gasteiger partial charge is 0.124 e. The van der Waals surface area contributed by atoms with Crippen molar-refractivity contribution in [3.8, 4) is 16.9 Å². The lowest BCUT2D eigenvalue weighted by atomic mass is 10.1. The molecule has 0 aliphatic rings. The summed E-state index contributed by atoms with van der Waals surface area (Å²) in [6.07, 6.45) is 3.11. The third-order valence-corrected chi connectivity index (χ3v) is 3.90. The fourth-order valence-corrected chi connectivity index (χ4v) is 2.64. The van der Waals surface area contributed by atoms with Gasteiger partial charge in [-0.3, -0.25) is 4.68 Å². The normalized spacial score (nSPS) is 12.1. The Morgan fingerprint density at radius 1 is 1.04 bits per heavy atom. The number of para-hydroxylation sites is 1. The second-order valence-corrected chi connectivity index (χ2v) is 5.80. The van der Waals surface area contributed by atoms with Crippen LogP contribution in [-0.4, -0.2) is 34.7 Å². The van der Waals surface area contributed by atoms with Gasteiger partial charge in [0.15, 0.2) is 0 Å². The van der Waals surface area contributed by atoms with Crippen LogP contribution in [0, 0.1) is 0 Å². The SMILES string of the molecule is COc1ccccc1COCC(O)Cn1cc(-c2ccccc2)cn1. The molecule has 0 aliphatic carbocycles. The summed E-state index contributed by atoms with van der Waals surface area (Å²) < 4.78 is 12.6. The fraction of sp³-hybridized carbons (Fsp3) is 0.250. The number of hydrogen-bond donors (Lipinski definition) is 1. The van der Waals surface area contributed by atoms with E-state index in [0.717, 1.165) is 22.4 Å². The second kappa shape index (κ2) is 8.46. The Balaban J connectivity index is 1.50. The van der Waals surface area contributed by atoms with Gasteiger partial charge >= 0.3 is 0 Å². The number of ether oxygens (including phenoxy) is 2.